The molecule has 6 aromatic rings. The number of carbonyl (C=O) groups excluding carboxylic acids is 5. The van der Waals surface area contributed by atoms with Gasteiger partial charge in [-0.25, -0.2) is 17.8 Å². The summed E-state index contributed by atoms with van der Waals surface area (Å²) in [6, 6.07) is 13.3. The highest BCUT2D eigenvalue weighted by Crippen LogP contribution is 2.41. The van der Waals surface area contributed by atoms with Gasteiger partial charge in [0.2, 0.25) is 11.8 Å². The van der Waals surface area contributed by atoms with Crippen molar-refractivity contribution in [2.75, 3.05) is 48.1 Å². The number of amides is 5. The lowest BCUT2D eigenvalue weighted by atomic mass is 10.0. The Balaban J connectivity index is 0.837. The number of aryl methyl sites for hydroxylation is 1. The number of sulfonamides is 1. The molecule has 72 heavy (non-hydrogen) atoms. The molecule has 0 aliphatic carbocycles. The number of fused-ring (bicyclic) bond motifs is 2. The van der Waals surface area contributed by atoms with E-state index in [4.69, 9.17) is 25.4 Å². The molecule has 0 spiro atoms. The number of likely N-dealkylation sites (tertiary alicyclic amines) is 1. The molecule has 20 nitrogen and oxygen atoms in total. The summed E-state index contributed by atoms with van der Waals surface area (Å²) in [5.74, 6) is -6.81. The number of nitrogens with one attached hydrogen (secondary N) is 2. The van der Waals surface area contributed by atoms with Crippen LogP contribution in [0.25, 0.3) is 33.3 Å². The summed E-state index contributed by atoms with van der Waals surface area (Å²) in [4.78, 5) is 74.8. The molecule has 3 saturated heterocycles. The maximum atomic E-state index is 14.0. The topological polar surface area (TPSA) is 246 Å². The summed E-state index contributed by atoms with van der Waals surface area (Å²) in [6.07, 6.45) is 4.71. The lowest BCUT2D eigenvalue weighted by Crippen LogP contribution is -2.54. The summed E-state index contributed by atoms with van der Waals surface area (Å²) in [7, 11) is -3.38. The number of alkyl halides is 2. The van der Waals surface area contributed by atoms with Crippen LogP contribution in [0.15, 0.2) is 79.3 Å². The average Bonchev–Trinajstić information content (AvgIpc) is 4.07. The van der Waals surface area contributed by atoms with Crippen LogP contribution in [-0.4, -0.2) is 123 Å². The number of imide groups is 2. The number of rotatable bonds is 12. The lowest BCUT2D eigenvalue weighted by Gasteiger charge is -2.38. The van der Waals surface area contributed by atoms with Crippen molar-refractivity contribution in [2.24, 2.45) is 7.05 Å². The molecule has 3 aromatic carbocycles. The first-order valence-corrected chi connectivity index (χ1v) is 24.5. The van der Waals surface area contributed by atoms with E-state index in [9.17, 15) is 45.6 Å². The van der Waals surface area contributed by atoms with Gasteiger partial charge < -0.3 is 25.0 Å². The third kappa shape index (κ3) is 8.73. The largest absolute Gasteiger partial charge is 0.484 e. The molecule has 4 N–H and O–H groups in total. The summed E-state index contributed by atoms with van der Waals surface area (Å²) in [5, 5.41) is 12.1. The maximum Gasteiger partial charge on any atom is 0.355 e. The minimum Gasteiger partial charge on any atom is -0.484 e. The van der Waals surface area contributed by atoms with Crippen LogP contribution in [0.1, 0.15) is 71.0 Å². The first kappa shape index (κ1) is 47.8. The lowest BCUT2D eigenvalue weighted by molar-refractivity contribution is -0.145. The predicted molar refractivity (Wildman–Crippen MR) is 253 cm³/mol. The Kier molecular flexibility index (Phi) is 12.4. The second-order valence-electron chi connectivity index (χ2n) is 17.9. The number of pyridine rings is 1. The normalized spacial score (nSPS) is 19.3. The zero-order valence-electron chi connectivity index (χ0n) is 38.6. The molecular weight excluding hydrogens is 964 g/mol. The fourth-order valence-corrected chi connectivity index (χ4v) is 10.4. The number of aromatic nitrogens is 5. The summed E-state index contributed by atoms with van der Waals surface area (Å²) >= 11 is 0. The van der Waals surface area contributed by atoms with E-state index in [0.717, 1.165) is 4.90 Å². The van der Waals surface area contributed by atoms with Crippen molar-refractivity contribution in [1.29, 1.82) is 0 Å². The number of hydrogen-bond acceptors (Lipinski definition) is 14. The molecule has 24 heteroatoms. The van der Waals surface area contributed by atoms with Gasteiger partial charge in [-0.15, -0.1) is 0 Å². The molecule has 0 bridgehead atoms. The van der Waals surface area contributed by atoms with E-state index < -0.39 is 63.5 Å². The van der Waals surface area contributed by atoms with Crippen LogP contribution in [0, 0.1) is 5.82 Å². The zero-order chi connectivity index (χ0) is 50.7. The van der Waals surface area contributed by atoms with E-state index in [1.54, 1.807) is 48.1 Å². The van der Waals surface area contributed by atoms with Gasteiger partial charge in [0.25, 0.3) is 27.7 Å². The number of morpholine rings is 1. The van der Waals surface area contributed by atoms with Crippen LogP contribution in [0.3, 0.4) is 0 Å². The van der Waals surface area contributed by atoms with E-state index in [1.165, 1.54) is 48.5 Å². The van der Waals surface area contributed by atoms with Gasteiger partial charge in [-0.1, -0.05) is 24.3 Å². The zero-order valence-corrected chi connectivity index (χ0v) is 39.4. The minimum absolute atomic E-state index is 0.000633. The van der Waals surface area contributed by atoms with Crippen molar-refractivity contribution >= 4 is 67.7 Å². The fourth-order valence-electron chi connectivity index (χ4n) is 9.80. The van der Waals surface area contributed by atoms with E-state index in [0.29, 0.717) is 77.0 Å². The van der Waals surface area contributed by atoms with E-state index >= 15 is 0 Å². The van der Waals surface area contributed by atoms with E-state index in [1.807, 2.05) is 20.5 Å². The Morgan fingerprint density at radius 2 is 1.72 bits per heavy atom. The van der Waals surface area contributed by atoms with Crippen LogP contribution < -0.4 is 25.4 Å². The van der Waals surface area contributed by atoms with Gasteiger partial charge in [0.15, 0.2) is 6.10 Å². The molecule has 10 rings (SSSR count). The highest BCUT2D eigenvalue weighted by atomic mass is 32.2. The van der Waals surface area contributed by atoms with Gasteiger partial charge in [-0.2, -0.15) is 19.0 Å². The van der Waals surface area contributed by atoms with Gasteiger partial charge in [-0.05, 0) is 68.1 Å². The molecule has 7 heterocycles. The molecular formula is C48H46F3N11O9S. The van der Waals surface area contributed by atoms with Gasteiger partial charge >= 0.3 is 5.76 Å². The van der Waals surface area contributed by atoms with Crippen molar-refractivity contribution < 1.29 is 55.0 Å². The Hall–Kier alpha value is -7.86. The molecule has 0 radical (unpaired) electrons. The van der Waals surface area contributed by atoms with E-state index in [-0.39, 0.29) is 66.3 Å². The smallest absolute Gasteiger partial charge is 0.355 e. The third-order valence-corrected chi connectivity index (χ3v) is 14.4. The quantitative estimate of drug-likeness (QED) is 0.140. The standard InChI is InChI=1S/C48H46F3N11O9S/c1-25(26-6-9-29(49)10-7-26)71-36-20-27(8-11-33(36)57-72(68,69)48(50)51)41-40-42(58(2)56-41)32(22-53-43(40)52)28-21-54-61(23-28)30-14-16-59(17-15-30)46(66)37-24-60(18-19-70-37)34-5-3-4-31-39(34)47(67)62(45(31)65)35-12-13-38(63)55-44(35)64/h3-11,20-23,25,30,35,37,48,57H,12-19,24H2,1-2H3,(H2,52,53)(H,55,63,64)/t25-,35?,37?/m0/s1. The Labute approximate surface area is 408 Å². The van der Waals surface area contributed by atoms with Crippen molar-refractivity contribution in [1.82, 2.24) is 39.7 Å². The molecule has 0 saturated carbocycles. The number of nitrogens with two attached hydrogens (primary N) is 1. The number of carbonyl (C=O) groups is 5. The first-order valence-electron chi connectivity index (χ1n) is 23.0. The molecule has 3 atom stereocenters. The number of hydrogen-bond donors (Lipinski definition) is 3. The number of anilines is 3. The number of nitrogens with zero attached hydrogens (tertiary/aromatic N) is 8. The Morgan fingerprint density at radius 1 is 0.958 bits per heavy atom. The second-order valence-corrected chi connectivity index (χ2v) is 19.6. The van der Waals surface area contributed by atoms with Crippen LogP contribution >= 0.6 is 0 Å². The number of piperidine rings is 2. The molecule has 5 amide bonds. The summed E-state index contributed by atoms with van der Waals surface area (Å²) in [5.41, 5.74) is 10.2. The van der Waals surface area contributed by atoms with Crippen LogP contribution in [0.2, 0.25) is 0 Å². The third-order valence-electron chi connectivity index (χ3n) is 13.5. The SMILES string of the molecule is C[C@H](Oc1cc(-c2nn(C)c3c(-c4cnn(C5CCN(C(=O)C6CN(c7cccc8c7C(=O)N(C7CCC(=O)NC7=O)C8=O)CCO6)CC5)c4)cnc(N)c23)ccc1NS(=O)(=O)C(F)F)c1ccc(F)cc1. The van der Waals surface area contributed by atoms with Crippen molar-refractivity contribution in [3.05, 3.63) is 102 Å². The van der Waals surface area contributed by atoms with Crippen molar-refractivity contribution in [3.63, 3.8) is 0 Å². The second kappa shape index (κ2) is 18.7. The number of halogens is 3. The first-order chi connectivity index (χ1) is 34.5. The Bertz CT molecular complexity index is 3310. The van der Waals surface area contributed by atoms with Crippen molar-refractivity contribution in [3.8, 4) is 28.1 Å². The van der Waals surface area contributed by atoms with Gasteiger partial charge in [-0.3, -0.25) is 48.3 Å². The molecule has 3 aromatic heterocycles. The van der Waals surface area contributed by atoms with Gasteiger partial charge in [0, 0.05) is 62.2 Å². The highest BCUT2D eigenvalue weighted by molar-refractivity contribution is 7.93. The fraction of sp³-hybridized carbons (Fsp3) is 0.333. The maximum absolute atomic E-state index is 14.0. The number of nitrogen functional groups attached to an aromatic ring is 1. The Morgan fingerprint density at radius 3 is 2.46 bits per heavy atom. The minimum atomic E-state index is -5.10. The molecule has 3 fully saturated rings. The van der Waals surface area contributed by atoms with Crippen molar-refractivity contribution in [2.45, 2.75) is 62.7 Å². The van der Waals surface area contributed by atoms with Crippen LogP contribution in [0.5, 0.6) is 5.75 Å². The van der Waals surface area contributed by atoms with Crippen LogP contribution in [0.4, 0.5) is 30.4 Å². The highest BCUT2D eigenvalue weighted by Gasteiger charge is 2.47. The summed E-state index contributed by atoms with van der Waals surface area (Å²) in [6.45, 7) is 3.10. The van der Waals surface area contributed by atoms with E-state index in [2.05, 4.69) is 10.3 Å². The molecule has 2 unspecified atom stereocenters. The predicted octanol–water partition coefficient (Wildman–Crippen LogP) is 4.79. The number of benzene rings is 3. The molecule has 4 aliphatic rings. The van der Waals surface area contributed by atoms with Gasteiger partial charge in [0.1, 0.15) is 35.2 Å². The summed E-state index contributed by atoms with van der Waals surface area (Å²) < 4.78 is 82.7. The van der Waals surface area contributed by atoms with Gasteiger partial charge in [0.05, 0.1) is 58.8 Å². The molecule has 4 aliphatic heterocycles. The molecule has 374 valence electrons. The monoisotopic (exact) mass is 1010 g/mol. The number of ether oxygens (including phenoxy) is 2. The average molecular weight is 1010 g/mol. The van der Waals surface area contributed by atoms with Crippen LogP contribution in [-0.2, 0) is 36.2 Å².